The number of likely N-dealkylation sites (tertiary alicyclic amines) is 1. The fourth-order valence-electron chi connectivity index (χ4n) is 3.88. The predicted octanol–water partition coefficient (Wildman–Crippen LogP) is 3.83. The fourth-order valence-corrected chi connectivity index (χ4v) is 3.88. The minimum atomic E-state index is -0.516. The lowest BCUT2D eigenvalue weighted by Crippen LogP contribution is -2.47. The molecule has 1 aromatic carbocycles. The molecule has 2 atom stereocenters. The molecule has 0 spiro atoms. The third kappa shape index (κ3) is 4.57. The highest BCUT2D eigenvalue weighted by atomic mass is 16.6. The minimum absolute atomic E-state index is 0.0555. The highest BCUT2D eigenvalue weighted by Crippen LogP contribution is 2.30. The number of fused-ring (bicyclic) bond motifs is 1. The first-order valence-corrected chi connectivity index (χ1v) is 9.69. The van der Waals surface area contributed by atoms with Gasteiger partial charge in [0.25, 0.3) is 0 Å². The Hall–Kier alpha value is -2.04. The van der Waals surface area contributed by atoms with Crippen LogP contribution < -0.4 is 5.32 Å². The van der Waals surface area contributed by atoms with Gasteiger partial charge in [-0.25, -0.2) is 4.79 Å². The maximum absolute atomic E-state index is 12.8. The van der Waals surface area contributed by atoms with Crippen LogP contribution in [0.25, 0.3) is 0 Å². The zero-order valence-corrected chi connectivity index (χ0v) is 16.1. The molecular weight excluding hydrogens is 328 g/mol. The Morgan fingerprint density at radius 2 is 1.92 bits per heavy atom. The maximum Gasteiger partial charge on any atom is 0.410 e. The van der Waals surface area contributed by atoms with E-state index < -0.39 is 5.60 Å². The molecule has 1 fully saturated rings. The van der Waals surface area contributed by atoms with Crippen molar-refractivity contribution in [2.75, 3.05) is 13.1 Å². The van der Waals surface area contributed by atoms with Crippen LogP contribution in [0.3, 0.4) is 0 Å². The molecule has 3 rings (SSSR count). The summed E-state index contributed by atoms with van der Waals surface area (Å²) in [7, 11) is 0. The quantitative estimate of drug-likeness (QED) is 0.874. The summed E-state index contributed by atoms with van der Waals surface area (Å²) in [6.07, 6.45) is 4.48. The van der Waals surface area contributed by atoms with Crippen LogP contribution in [-0.2, 0) is 16.0 Å². The summed E-state index contributed by atoms with van der Waals surface area (Å²) in [6.45, 7) is 6.68. The first-order valence-electron chi connectivity index (χ1n) is 9.69. The Labute approximate surface area is 156 Å². The van der Waals surface area contributed by atoms with Gasteiger partial charge in [-0.1, -0.05) is 24.3 Å². The summed E-state index contributed by atoms with van der Waals surface area (Å²) in [5, 5.41) is 3.23. The van der Waals surface area contributed by atoms with E-state index in [4.69, 9.17) is 4.74 Å². The summed E-state index contributed by atoms with van der Waals surface area (Å²) < 4.78 is 5.46. The lowest BCUT2D eigenvalue weighted by Gasteiger charge is -2.34. The summed E-state index contributed by atoms with van der Waals surface area (Å²) in [4.78, 5) is 26.8. The summed E-state index contributed by atoms with van der Waals surface area (Å²) in [5.41, 5.74) is 2.06. The maximum atomic E-state index is 12.8. The lowest BCUT2D eigenvalue weighted by molar-refractivity contribution is -0.127. The molecule has 0 radical (unpaired) electrons. The van der Waals surface area contributed by atoms with Crippen molar-refractivity contribution in [3.05, 3.63) is 35.4 Å². The lowest BCUT2D eigenvalue weighted by atomic mass is 9.87. The smallest absolute Gasteiger partial charge is 0.410 e. The number of benzene rings is 1. The average Bonchev–Trinajstić information content (AvgIpc) is 2.61. The average molecular weight is 358 g/mol. The van der Waals surface area contributed by atoms with Gasteiger partial charge in [-0.3, -0.25) is 4.79 Å². The van der Waals surface area contributed by atoms with Gasteiger partial charge in [0.2, 0.25) is 5.91 Å². The van der Waals surface area contributed by atoms with E-state index in [-0.39, 0.29) is 24.0 Å². The zero-order valence-electron chi connectivity index (χ0n) is 16.1. The molecule has 1 aliphatic carbocycles. The van der Waals surface area contributed by atoms with Crippen molar-refractivity contribution in [2.45, 2.75) is 64.5 Å². The first-order chi connectivity index (χ1) is 12.3. The molecule has 5 nitrogen and oxygen atoms in total. The molecule has 0 unspecified atom stereocenters. The molecule has 2 aliphatic rings. The van der Waals surface area contributed by atoms with Crippen molar-refractivity contribution in [2.24, 2.45) is 5.92 Å². The van der Waals surface area contributed by atoms with Gasteiger partial charge in [-0.05, 0) is 64.0 Å². The number of carbonyl (C=O) groups excluding carboxylic acids is 2. The molecule has 0 aromatic heterocycles. The number of rotatable bonds is 2. The van der Waals surface area contributed by atoms with Gasteiger partial charge in [-0.15, -0.1) is 0 Å². The van der Waals surface area contributed by atoms with Gasteiger partial charge in [-0.2, -0.15) is 0 Å². The van der Waals surface area contributed by atoms with Crippen molar-refractivity contribution in [1.82, 2.24) is 10.2 Å². The Morgan fingerprint density at radius 1 is 1.15 bits per heavy atom. The van der Waals surface area contributed by atoms with Crippen LogP contribution in [0.15, 0.2) is 24.3 Å². The third-order valence-electron chi connectivity index (χ3n) is 5.13. The van der Waals surface area contributed by atoms with Crippen LogP contribution in [0, 0.1) is 5.92 Å². The van der Waals surface area contributed by atoms with Crippen LogP contribution in [0.5, 0.6) is 0 Å². The van der Waals surface area contributed by atoms with E-state index >= 15 is 0 Å². The Kier molecular flexibility index (Phi) is 5.54. The summed E-state index contributed by atoms with van der Waals surface area (Å²) in [6, 6.07) is 8.45. The third-order valence-corrected chi connectivity index (χ3v) is 5.13. The highest BCUT2D eigenvalue weighted by Gasteiger charge is 2.32. The van der Waals surface area contributed by atoms with Gasteiger partial charge in [0.15, 0.2) is 0 Å². The Bertz CT molecular complexity index is 665. The van der Waals surface area contributed by atoms with Gasteiger partial charge in [0.05, 0.1) is 12.0 Å². The van der Waals surface area contributed by atoms with E-state index in [0.29, 0.717) is 13.1 Å². The molecule has 0 saturated carbocycles. The summed E-state index contributed by atoms with van der Waals surface area (Å²) in [5.74, 6) is -0.106. The molecule has 1 aromatic rings. The number of amides is 2. The van der Waals surface area contributed by atoms with Crippen molar-refractivity contribution in [3.8, 4) is 0 Å². The van der Waals surface area contributed by atoms with Gasteiger partial charge in [0.1, 0.15) is 5.60 Å². The largest absolute Gasteiger partial charge is 0.444 e. The van der Waals surface area contributed by atoms with Crippen LogP contribution in [0.4, 0.5) is 4.79 Å². The molecule has 1 saturated heterocycles. The number of nitrogens with one attached hydrogen (secondary N) is 1. The number of piperidine rings is 1. The van der Waals surface area contributed by atoms with Crippen LogP contribution >= 0.6 is 0 Å². The van der Waals surface area contributed by atoms with Crippen molar-refractivity contribution < 1.29 is 14.3 Å². The number of ether oxygens (including phenoxy) is 1. The first kappa shape index (κ1) is 18.7. The van der Waals surface area contributed by atoms with E-state index in [1.807, 2.05) is 26.8 Å². The second-order valence-corrected chi connectivity index (χ2v) is 8.42. The van der Waals surface area contributed by atoms with E-state index in [1.165, 1.54) is 11.1 Å². The van der Waals surface area contributed by atoms with Crippen molar-refractivity contribution in [1.29, 1.82) is 0 Å². The van der Waals surface area contributed by atoms with Crippen LogP contribution in [-0.4, -0.2) is 35.6 Å². The molecule has 1 heterocycles. The topological polar surface area (TPSA) is 58.6 Å². The summed E-state index contributed by atoms with van der Waals surface area (Å²) >= 11 is 0. The number of hydrogen-bond donors (Lipinski definition) is 1. The minimum Gasteiger partial charge on any atom is -0.444 e. The monoisotopic (exact) mass is 358 g/mol. The van der Waals surface area contributed by atoms with Gasteiger partial charge >= 0.3 is 6.09 Å². The van der Waals surface area contributed by atoms with E-state index in [1.54, 1.807) is 4.90 Å². The number of hydrogen-bond acceptors (Lipinski definition) is 3. The van der Waals surface area contributed by atoms with E-state index in [2.05, 4.69) is 23.5 Å². The standard InChI is InChI=1S/C21H30N2O3/c1-21(2,3)26-20(25)23-13-7-10-16(14-23)19(24)22-18-12-6-9-15-8-4-5-11-17(15)18/h4-5,8,11,16,18H,6-7,9-10,12-14H2,1-3H3,(H,22,24)/t16-,18+/m1/s1. The van der Waals surface area contributed by atoms with Crippen molar-refractivity contribution >= 4 is 12.0 Å². The molecule has 142 valence electrons. The zero-order chi connectivity index (χ0) is 18.7. The van der Waals surface area contributed by atoms with E-state index in [0.717, 1.165) is 32.1 Å². The molecule has 2 amide bonds. The van der Waals surface area contributed by atoms with Gasteiger partial charge < -0.3 is 15.0 Å². The molecule has 26 heavy (non-hydrogen) atoms. The van der Waals surface area contributed by atoms with Crippen molar-refractivity contribution in [3.63, 3.8) is 0 Å². The van der Waals surface area contributed by atoms with Gasteiger partial charge in [0, 0.05) is 13.1 Å². The van der Waals surface area contributed by atoms with E-state index in [9.17, 15) is 9.59 Å². The molecule has 5 heteroatoms. The Balaban J connectivity index is 1.61. The SMILES string of the molecule is CC(C)(C)OC(=O)N1CCC[C@@H](C(=O)N[C@H]2CCCc3ccccc32)C1. The second-order valence-electron chi connectivity index (χ2n) is 8.42. The molecule has 1 aliphatic heterocycles. The molecular formula is C21H30N2O3. The second kappa shape index (κ2) is 7.68. The Morgan fingerprint density at radius 3 is 2.69 bits per heavy atom. The number of nitrogens with zero attached hydrogens (tertiary/aromatic N) is 1. The fraction of sp³-hybridized carbons (Fsp3) is 0.619. The normalized spacial score (nSPS) is 23.1. The van der Waals surface area contributed by atoms with Crippen LogP contribution in [0.1, 0.15) is 63.6 Å². The number of carbonyl (C=O) groups is 2. The van der Waals surface area contributed by atoms with Crippen LogP contribution in [0.2, 0.25) is 0 Å². The predicted molar refractivity (Wildman–Crippen MR) is 101 cm³/mol. The molecule has 0 bridgehead atoms. The molecule has 1 N–H and O–H groups in total. The highest BCUT2D eigenvalue weighted by molar-refractivity contribution is 5.80. The number of aryl methyl sites for hydroxylation is 1.